The monoisotopic (exact) mass is 295 g/mol. The lowest BCUT2D eigenvalue weighted by Gasteiger charge is -2.40. The van der Waals surface area contributed by atoms with Crippen molar-refractivity contribution in [3.63, 3.8) is 0 Å². The van der Waals surface area contributed by atoms with E-state index in [-0.39, 0.29) is 11.8 Å². The SMILES string of the molecule is CC(NCC1(O)CCC(C)(C)CC1)c1ccc(C(=O)O)o1. The van der Waals surface area contributed by atoms with Crippen molar-refractivity contribution in [2.75, 3.05) is 6.54 Å². The van der Waals surface area contributed by atoms with Crippen molar-refractivity contribution in [3.8, 4) is 0 Å². The number of rotatable bonds is 5. The van der Waals surface area contributed by atoms with E-state index in [0.717, 1.165) is 25.7 Å². The molecule has 1 fully saturated rings. The van der Waals surface area contributed by atoms with Gasteiger partial charge >= 0.3 is 5.97 Å². The van der Waals surface area contributed by atoms with Gasteiger partial charge in [-0.05, 0) is 50.2 Å². The van der Waals surface area contributed by atoms with Crippen molar-refractivity contribution >= 4 is 5.97 Å². The first-order chi connectivity index (χ1) is 9.71. The molecule has 1 heterocycles. The van der Waals surface area contributed by atoms with E-state index in [1.165, 1.54) is 6.07 Å². The molecule has 1 aromatic rings. The van der Waals surface area contributed by atoms with Crippen LogP contribution in [0, 0.1) is 5.41 Å². The third-order valence-corrected chi connectivity index (χ3v) is 4.54. The van der Waals surface area contributed by atoms with E-state index in [1.807, 2.05) is 6.92 Å². The van der Waals surface area contributed by atoms with Gasteiger partial charge in [0.05, 0.1) is 11.6 Å². The van der Waals surface area contributed by atoms with Crippen molar-refractivity contribution < 1.29 is 19.4 Å². The highest BCUT2D eigenvalue weighted by molar-refractivity contribution is 5.84. The number of furan rings is 1. The second kappa shape index (κ2) is 5.81. The van der Waals surface area contributed by atoms with Gasteiger partial charge in [0, 0.05) is 6.54 Å². The van der Waals surface area contributed by atoms with Crippen LogP contribution in [0.5, 0.6) is 0 Å². The van der Waals surface area contributed by atoms with E-state index in [9.17, 15) is 9.90 Å². The lowest BCUT2D eigenvalue weighted by atomic mass is 9.71. The van der Waals surface area contributed by atoms with E-state index >= 15 is 0 Å². The highest BCUT2D eigenvalue weighted by atomic mass is 16.4. The van der Waals surface area contributed by atoms with E-state index in [1.54, 1.807) is 6.07 Å². The molecule has 1 aromatic heterocycles. The Balaban J connectivity index is 1.88. The molecule has 21 heavy (non-hydrogen) atoms. The van der Waals surface area contributed by atoms with E-state index in [0.29, 0.717) is 17.7 Å². The smallest absolute Gasteiger partial charge is 0.371 e. The highest BCUT2D eigenvalue weighted by Gasteiger charge is 2.36. The summed E-state index contributed by atoms with van der Waals surface area (Å²) in [5.74, 6) is -0.550. The van der Waals surface area contributed by atoms with Gasteiger partial charge in [0.2, 0.25) is 5.76 Å². The Hall–Kier alpha value is -1.33. The number of hydrogen-bond donors (Lipinski definition) is 3. The molecule has 1 unspecified atom stereocenters. The normalized spacial score (nSPS) is 21.9. The molecule has 2 rings (SSSR count). The summed E-state index contributed by atoms with van der Waals surface area (Å²) >= 11 is 0. The Labute approximate surface area is 125 Å². The molecule has 5 nitrogen and oxygen atoms in total. The minimum Gasteiger partial charge on any atom is -0.475 e. The van der Waals surface area contributed by atoms with Crippen LogP contribution in [0.3, 0.4) is 0 Å². The molecule has 5 heteroatoms. The molecule has 1 saturated carbocycles. The molecule has 1 aliphatic carbocycles. The Morgan fingerprint density at radius 3 is 2.48 bits per heavy atom. The number of hydrogen-bond acceptors (Lipinski definition) is 4. The van der Waals surface area contributed by atoms with Crippen molar-refractivity contribution in [3.05, 3.63) is 23.7 Å². The second-order valence-corrected chi connectivity index (χ2v) is 7.00. The molecule has 1 aliphatic rings. The van der Waals surface area contributed by atoms with Gasteiger partial charge in [0.1, 0.15) is 5.76 Å². The summed E-state index contributed by atoms with van der Waals surface area (Å²) in [6.07, 6.45) is 3.61. The van der Waals surface area contributed by atoms with Crippen LogP contribution in [0.1, 0.15) is 68.8 Å². The van der Waals surface area contributed by atoms with E-state index < -0.39 is 11.6 Å². The predicted octanol–water partition coefficient (Wildman–Crippen LogP) is 2.96. The highest BCUT2D eigenvalue weighted by Crippen LogP contribution is 2.40. The van der Waals surface area contributed by atoms with Gasteiger partial charge in [-0.25, -0.2) is 4.79 Å². The largest absolute Gasteiger partial charge is 0.475 e. The third kappa shape index (κ3) is 4.08. The summed E-state index contributed by atoms with van der Waals surface area (Å²) in [7, 11) is 0. The minimum atomic E-state index is -1.07. The van der Waals surface area contributed by atoms with Crippen LogP contribution in [0.4, 0.5) is 0 Å². The fourth-order valence-corrected chi connectivity index (χ4v) is 2.71. The first kappa shape index (κ1) is 16.0. The first-order valence-electron chi connectivity index (χ1n) is 7.50. The molecule has 0 amide bonds. The number of aromatic carboxylic acids is 1. The lowest BCUT2D eigenvalue weighted by molar-refractivity contribution is -0.0261. The number of aliphatic hydroxyl groups is 1. The topological polar surface area (TPSA) is 82.7 Å². The van der Waals surface area contributed by atoms with Crippen LogP contribution in [0.15, 0.2) is 16.5 Å². The fraction of sp³-hybridized carbons (Fsp3) is 0.688. The molecule has 0 aromatic carbocycles. The zero-order valence-corrected chi connectivity index (χ0v) is 13.0. The summed E-state index contributed by atoms with van der Waals surface area (Å²) in [4.78, 5) is 10.8. The fourth-order valence-electron chi connectivity index (χ4n) is 2.71. The minimum absolute atomic E-state index is 0.0585. The molecule has 3 N–H and O–H groups in total. The molecule has 0 aliphatic heterocycles. The standard InChI is InChI=1S/C16H25NO4/c1-11(12-4-5-13(21-12)14(18)19)17-10-16(20)8-6-15(2,3)7-9-16/h4-5,11,17,20H,6-10H2,1-3H3,(H,18,19). The average Bonchev–Trinajstić information content (AvgIpc) is 2.90. The van der Waals surface area contributed by atoms with Gasteiger partial charge in [-0.1, -0.05) is 13.8 Å². The zero-order chi connectivity index (χ0) is 15.7. The van der Waals surface area contributed by atoms with E-state index in [4.69, 9.17) is 9.52 Å². The molecule has 0 spiro atoms. The Morgan fingerprint density at radius 2 is 1.95 bits per heavy atom. The van der Waals surface area contributed by atoms with Crippen LogP contribution < -0.4 is 5.32 Å². The summed E-state index contributed by atoms with van der Waals surface area (Å²) in [6.45, 7) is 6.87. The maximum absolute atomic E-state index is 10.8. The molecule has 0 radical (unpaired) electrons. The first-order valence-corrected chi connectivity index (χ1v) is 7.50. The van der Waals surface area contributed by atoms with Crippen LogP contribution >= 0.6 is 0 Å². The van der Waals surface area contributed by atoms with Crippen LogP contribution in [-0.4, -0.2) is 28.3 Å². The molecule has 1 atom stereocenters. The van der Waals surface area contributed by atoms with Crippen molar-refractivity contribution in [1.29, 1.82) is 0 Å². The Morgan fingerprint density at radius 1 is 1.33 bits per heavy atom. The van der Waals surface area contributed by atoms with Gasteiger partial charge in [-0.2, -0.15) is 0 Å². The lowest BCUT2D eigenvalue weighted by Crippen LogP contribution is -2.45. The molecule has 0 saturated heterocycles. The average molecular weight is 295 g/mol. The van der Waals surface area contributed by atoms with Gasteiger partial charge in [-0.15, -0.1) is 0 Å². The summed E-state index contributed by atoms with van der Waals surface area (Å²) < 4.78 is 5.27. The Bertz CT molecular complexity index is 496. The Kier molecular flexibility index (Phi) is 4.44. The summed E-state index contributed by atoms with van der Waals surface area (Å²) in [5.41, 5.74) is -0.360. The maximum atomic E-state index is 10.8. The number of nitrogens with one attached hydrogen (secondary N) is 1. The molecule has 118 valence electrons. The number of carboxylic acid groups (broad SMARTS) is 1. The number of carboxylic acids is 1. The number of carbonyl (C=O) groups is 1. The van der Waals surface area contributed by atoms with Gasteiger partial charge in [0.15, 0.2) is 0 Å². The van der Waals surface area contributed by atoms with Gasteiger partial charge in [-0.3, -0.25) is 0 Å². The van der Waals surface area contributed by atoms with Crippen molar-refractivity contribution in [2.45, 2.75) is 58.1 Å². The molecule has 0 bridgehead atoms. The quantitative estimate of drug-likeness (QED) is 0.778. The molecular weight excluding hydrogens is 270 g/mol. The summed E-state index contributed by atoms with van der Waals surface area (Å²) in [5, 5.41) is 22.7. The van der Waals surface area contributed by atoms with Crippen molar-refractivity contribution in [2.24, 2.45) is 5.41 Å². The second-order valence-electron chi connectivity index (χ2n) is 7.00. The summed E-state index contributed by atoms with van der Waals surface area (Å²) in [6, 6.07) is 2.99. The zero-order valence-electron chi connectivity index (χ0n) is 13.0. The predicted molar refractivity (Wildman–Crippen MR) is 79.3 cm³/mol. The van der Waals surface area contributed by atoms with Gasteiger partial charge in [0.25, 0.3) is 0 Å². The third-order valence-electron chi connectivity index (χ3n) is 4.54. The van der Waals surface area contributed by atoms with Crippen LogP contribution in [0.2, 0.25) is 0 Å². The molecular formula is C16H25NO4. The van der Waals surface area contributed by atoms with E-state index in [2.05, 4.69) is 19.2 Å². The van der Waals surface area contributed by atoms with Gasteiger partial charge < -0.3 is 19.9 Å². The van der Waals surface area contributed by atoms with Crippen LogP contribution in [-0.2, 0) is 0 Å². The van der Waals surface area contributed by atoms with Crippen molar-refractivity contribution in [1.82, 2.24) is 5.32 Å². The maximum Gasteiger partial charge on any atom is 0.371 e. The van der Waals surface area contributed by atoms with Crippen LogP contribution in [0.25, 0.3) is 0 Å².